The lowest BCUT2D eigenvalue weighted by Crippen LogP contribution is -1.98. The molecule has 0 aromatic carbocycles. The summed E-state index contributed by atoms with van der Waals surface area (Å²) in [6, 6.07) is 3.50. The van der Waals surface area contributed by atoms with Crippen LogP contribution in [0.5, 0.6) is 5.88 Å². The highest BCUT2D eigenvalue weighted by molar-refractivity contribution is 6.31. The summed E-state index contributed by atoms with van der Waals surface area (Å²) in [5.74, 6) is 0.364. The number of halogens is 1. The summed E-state index contributed by atoms with van der Waals surface area (Å²) in [4.78, 5) is 18.5. The lowest BCUT2D eigenvalue weighted by molar-refractivity contribution is 0.102. The molecule has 0 fully saturated rings. The Morgan fingerprint density at radius 2 is 2.40 bits per heavy atom. The number of pyridine rings is 1. The summed E-state index contributed by atoms with van der Waals surface area (Å²) in [6.07, 6.45) is 1.61. The van der Waals surface area contributed by atoms with E-state index < -0.39 is 0 Å². The Balaban J connectivity index is 2.57. The number of hydrogen-bond acceptors (Lipinski definition) is 3. The Morgan fingerprint density at radius 3 is 3.07 bits per heavy atom. The van der Waals surface area contributed by atoms with Gasteiger partial charge in [0.2, 0.25) is 5.88 Å². The van der Waals surface area contributed by atoms with E-state index in [1.165, 1.54) is 0 Å². The van der Waals surface area contributed by atoms with Crippen molar-refractivity contribution in [2.45, 2.75) is 0 Å². The van der Waals surface area contributed by atoms with Crippen LogP contribution in [0.1, 0.15) is 10.4 Å². The van der Waals surface area contributed by atoms with Crippen LogP contribution in [0.4, 0.5) is 0 Å². The molecule has 2 aromatic rings. The minimum Gasteiger partial charge on any atom is -0.481 e. The molecule has 0 radical (unpaired) electrons. The van der Waals surface area contributed by atoms with Crippen molar-refractivity contribution in [3.63, 3.8) is 0 Å². The summed E-state index contributed by atoms with van der Waals surface area (Å²) in [5.41, 5.74) is 1.19. The second-order valence-corrected chi connectivity index (χ2v) is 3.28. The van der Waals surface area contributed by atoms with Crippen molar-refractivity contribution in [3.05, 3.63) is 23.9 Å². The molecule has 0 atom stereocenters. The van der Waals surface area contributed by atoms with Crippen molar-refractivity contribution >= 4 is 28.4 Å². The Kier molecular flexibility index (Phi) is 2.60. The number of fused-ring (bicyclic) bond motifs is 1. The van der Waals surface area contributed by atoms with Gasteiger partial charge in [0.1, 0.15) is 5.65 Å². The van der Waals surface area contributed by atoms with Gasteiger partial charge in [-0.1, -0.05) is 0 Å². The molecular weight excluding hydrogens is 216 g/mol. The lowest BCUT2D eigenvalue weighted by atomic mass is 10.1. The van der Waals surface area contributed by atoms with Crippen LogP contribution >= 0.6 is 11.6 Å². The number of H-pyrrole nitrogens is 1. The number of carbonyl (C=O) groups excluding carboxylic acids is 1. The molecule has 78 valence electrons. The molecule has 5 heteroatoms. The van der Waals surface area contributed by atoms with Crippen LogP contribution in [0.25, 0.3) is 11.0 Å². The zero-order chi connectivity index (χ0) is 10.8. The minimum absolute atomic E-state index is 0.0288. The Morgan fingerprint density at radius 1 is 1.60 bits per heavy atom. The first-order valence-corrected chi connectivity index (χ1v) is 4.91. The highest BCUT2D eigenvalue weighted by atomic mass is 35.5. The van der Waals surface area contributed by atoms with Gasteiger partial charge in [0.15, 0.2) is 5.78 Å². The Hall–Kier alpha value is -1.55. The van der Waals surface area contributed by atoms with Crippen LogP contribution in [0.2, 0.25) is 0 Å². The quantitative estimate of drug-likeness (QED) is 0.641. The van der Waals surface area contributed by atoms with Crippen LogP contribution in [0.15, 0.2) is 18.3 Å². The van der Waals surface area contributed by atoms with Crippen LogP contribution in [0.3, 0.4) is 0 Å². The molecule has 0 unspecified atom stereocenters. The van der Waals surface area contributed by atoms with Gasteiger partial charge < -0.3 is 9.72 Å². The monoisotopic (exact) mass is 224 g/mol. The highest BCUT2D eigenvalue weighted by Gasteiger charge is 2.11. The van der Waals surface area contributed by atoms with Gasteiger partial charge in [-0.15, -0.1) is 11.6 Å². The van der Waals surface area contributed by atoms with E-state index in [-0.39, 0.29) is 11.7 Å². The molecule has 1 N–H and O–H groups in total. The number of ether oxygens (including phenoxy) is 1. The number of aromatic amines is 1. The maximum absolute atomic E-state index is 11.4. The normalized spacial score (nSPS) is 10.5. The first kappa shape index (κ1) is 9.98. The Labute approximate surface area is 91.2 Å². The van der Waals surface area contributed by atoms with E-state index in [0.717, 1.165) is 5.39 Å². The predicted octanol–water partition coefficient (Wildman–Crippen LogP) is 1.99. The topological polar surface area (TPSA) is 55.0 Å². The van der Waals surface area contributed by atoms with Crippen molar-refractivity contribution in [2.24, 2.45) is 0 Å². The number of nitrogens with one attached hydrogen (secondary N) is 1. The van der Waals surface area contributed by atoms with E-state index in [1.807, 2.05) is 0 Å². The molecule has 0 aliphatic rings. The van der Waals surface area contributed by atoms with E-state index in [1.54, 1.807) is 25.4 Å². The maximum atomic E-state index is 11.4. The van der Waals surface area contributed by atoms with Gasteiger partial charge in [0.25, 0.3) is 0 Å². The van der Waals surface area contributed by atoms with Crippen molar-refractivity contribution in [1.82, 2.24) is 9.97 Å². The van der Waals surface area contributed by atoms with Gasteiger partial charge in [0.05, 0.1) is 13.0 Å². The molecule has 15 heavy (non-hydrogen) atoms. The first-order chi connectivity index (χ1) is 7.26. The van der Waals surface area contributed by atoms with Crippen LogP contribution in [-0.2, 0) is 0 Å². The first-order valence-electron chi connectivity index (χ1n) is 4.37. The summed E-state index contributed by atoms with van der Waals surface area (Å²) in [5, 5.41) is 0.765. The SMILES string of the molecule is COc1ccc2c(C(=O)CCl)c[nH]c2n1. The average molecular weight is 225 g/mol. The zero-order valence-corrected chi connectivity index (χ0v) is 8.84. The van der Waals surface area contributed by atoms with Crippen molar-refractivity contribution in [2.75, 3.05) is 13.0 Å². The number of Topliss-reactive ketones (excluding diaryl/α,β-unsaturated/α-hetero) is 1. The number of nitrogens with zero attached hydrogens (tertiary/aromatic N) is 1. The molecule has 4 nitrogen and oxygen atoms in total. The fourth-order valence-electron chi connectivity index (χ4n) is 1.40. The molecule has 2 heterocycles. The van der Waals surface area contributed by atoms with Crippen molar-refractivity contribution in [1.29, 1.82) is 0 Å². The third-order valence-corrected chi connectivity index (χ3v) is 2.39. The maximum Gasteiger partial charge on any atom is 0.214 e. The smallest absolute Gasteiger partial charge is 0.214 e. The molecule has 0 saturated heterocycles. The highest BCUT2D eigenvalue weighted by Crippen LogP contribution is 2.20. The molecule has 0 saturated carbocycles. The van der Waals surface area contributed by atoms with Crippen LogP contribution in [0, 0.1) is 0 Å². The minimum atomic E-state index is -0.116. The predicted molar refractivity (Wildman–Crippen MR) is 57.7 cm³/mol. The molecular formula is C10H9ClN2O2. The van der Waals surface area contributed by atoms with E-state index in [9.17, 15) is 4.79 Å². The van der Waals surface area contributed by atoms with E-state index in [0.29, 0.717) is 17.1 Å². The summed E-state index contributed by atoms with van der Waals surface area (Å²) in [6.45, 7) is 0. The van der Waals surface area contributed by atoms with Crippen molar-refractivity contribution in [3.8, 4) is 5.88 Å². The number of methoxy groups -OCH3 is 1. The number of hydrogen-bond donors (Lipinski definition) is 1. The number of alkyl halides is 1. The molecule has 2 aromatic heterocycles. The van der Waals surface area contributed by atoms with Gasteiger partial charge in [0, 0.05) is 23.2 Å². The third kappa shape index (κ3) is 1.68. The fourth-order valence-corrected chi connectivity index (χ4v) is 1.55. The van der Waals surface area contributed by atoms with Crippen LogP contribution < -0.4 is 4.74 Å². The van der Waals surface area contributed by atoms with E-state index in [2.05, 4.69) is 9.97 Å². The number of rotatable bonds is 3. The van der Waals surface area contributed by atoms with E-state index >= 15 is 0 Å². The van der Waals surface area contributed by atoms with Crippen molar-refractivity contribution < 1.29 is 9.53 Å². The van der Waals surface area contributed by atoms with Crippen LogP contribution in [-0.4, -0.2) is 28.7 Å². The van der Waals surface area contributed by atoms with Gasteiger partial charge >= 0.3 is 0 Å². The lowest BCUT2D eigenvalue weighted by Gasteiger charge is -1.98. The summed E-state index contributed by atoms with van der Waals surface area (Å²) in [7, 11) is 1.54. The third-order valence-electron chi connectivity index (χ3n) is 2.14. The number of carbonyl (C=O) groups is 1. The van der Waals surface area contributed by atoms with Gasteiger partial charge in [-0.05, 0) is 6.07 Å². The zero-order valence-electron chi connectivity index (χ0n) is 8.08. The van der Waals surface area contributed by atoms with Gasteiger partial charge in [-0.2, -0.15) is 4.98 Å². The largest absolute Gasteiger partial charge is 0.481 e. The molecule has 0 aliphatic heterocycles. The summed E-state index contributed by atoms with van der Waals surface area (Å²) < 4.78 is 4.98. The second kappa shape index (κ2) is 3.90. The summed E-state index contributed by atoms with van der Waals surface area (Å²) >= 11 is 5.49. The molecule has 0 spiro atoms. The number of ketones is 1. The fraction of sp³-hybridized carbons (Fsp3) is 0.200. The standard InChI is InChI=1S/C10H9ClN2O2/c1-15-9-3-2-6-7(8(14)4-11)5-12-10(6)13-9/h2-3,5H,4H2,1H3,(H,12,13). The van der Waals surface area contributed by atoms with Gasteiger partial charge in [-0.25, -0.2) is 0 Å². The molecule has 0 bridgehead atoms. The second-order valence-electron chi connectivity index (χ2n) is 3.01. The Bertz CT molecular complexity index is 507. The van der Waals surface area contributed by atoms with Gasteiger partial charge in [-0.3, -0.25) is 4.79 Å². The number of aromatic nitrogens is 2. The molecule has 2 rings (SSSR count). The molecule has 0 aliphatic carbocycles. The average Bonchev–Trinajstić information content (AvgIpc) is 2.70. The molecule has 0 amide bonds. The van der Waals surface area contributed by atoms with E-state index in [4.69, 9.17) is 16.3 Å².